The fourth-order valence-corrected chi connectivity index (χ4v) is 4.26. The first-order valence-corrected chi connectivity index (χ1v) is 11.6. The van der Waals surface area contributed by atoms with Crippen molar-refractivity contribution in [2.75, 3.05) is 0 Å². The van der Waals surface area contributed by atoms with E-state index in [-0.39, 0.29) is 17.2 Å². The van der Waals surface area contributed by atoms with Crippen LogP contribution in [-0.4, -0.2) is 30.3 Å². The van der Waals surface area contributed by atoms with Crippen LogP contribution in [0.5, 0.6) is 0 Å². The Morgan fingerprint density at radius 2 is 1.91 bits per heavy atom. The highest BCUT2D eigenvalue weighted by atomic mass is 79.9. The Bertz CT molecular complexity index is 1690. The molecule has 0 bridgehead atoms. The number of hydrogen-bond donors (Lipinski definition) is 0. The van der Waals surface area contributed by atoms with E-state index >= 15 is 0 Å². The predicted molar refractivity (Wildman–Crippen MR) is 139 cm³/mol. The van der Waals surface area contributed by atoms with E-state index in [2.05, 4.69) is 31.0 Å². The van der Waals surface area contributed by atoms with Crippen molar-refractivity contribution in [3.8, 4) is 5.82 Å². The van der Waals surface area contributed by atoms with E-state index in [1.165, 1.54) is 16.9 Å². The van der Waals surface area contributed by atoms with Crippen LogP contribution in [0.25, 0.3) is 27.6 Å². The molecule has 0 amide bonds. The molecule has 0 aliphatic rings. The van der Waals surface area contributed by atoms with Crippen molar-refractivity contribution >= 4 is 49.6 Å². The third-order valence-corrected chi connectivity index (χ3v) is 6.09. The molecule has 2 aromatic carbocycles. The Balaban J connectivity index is 1.65. The van der Waals surface area contributed by atoms with E-state index in [1.807, 2.05) is 61.0 Å². The van der Waals surface area contributed by atoms with Crippen LogP contribution in [0, 0.1) is 10.1 Å². The van der Waals surface area contributed by atoms with Crippen molar-refractivity contribution in [1.29, 1.82) is 0 Å². The van der Waals surface area contributed by atoms with Gasteiger partial charge in [0.15, 0.2) is 0 Å². The van der Waals surface area contributed by atoms with Crippen LogP contribution in [-0.2, 0) is 0 Å². The number of hydrogen-bond acceptors (Lipinski definition) is 6. The van der Waals surface area contributed by atoms with Crippen LogP contribution in [0.15, 0.2) is 81.4 Å². The van der Waals surface area contributed by atoms with Gasteiger partial charge in [0.1, 0.15) is 17.8 Å². The third-order valence-electron chi connectivity index (χ3n) is 5.59. The molecule has 0 radical (unpaired) electrons. The number of aromatic nitrogens is 4. The molecule has 0 N–H and O–H groups in total. The summed E-state index contributed by atoms with van der Waals surface area (Å²) in [6.45, 7) is 3.93. The smallest absolute Gasteiger partial charge is 0.287 e. The van der Waals surface area contributed by atoms with E-state index < -0.39 is 4.92 Å². The maximum absolute atomic E-state index is 13.3. The first-order chi connectivity index (χ1) is 16.8. The van der Waals surface area contributed by atoms with Gasteiger partial charge in [-0.05, 0) is 30.3 Å². The second-order valence-corrected chi connectivity index (χ2v) is 9.17. The Hall–Kier alpha value is -4.18. The van der Waals surface area contributed by atoms with Crippen LogP contribution in [0.2, 0.25) is 0 Å². The summed E-state index contributed by atoms with van der Waals surface area (Å²) in [6, 6.07) is 16.1. The number of para-hydroxylation sites is 1. The molecular formula is C25H19BrN6O3. The molecular weight excluding hydrogens is 512 g/mol. The minimum absolute atomic E-state index is 0.0291. The highest BCUT2D eigenvalue weighted by Gasteiger charge is 2.15. The highest BCUT2D eigenvalue weighted by Crippen LogP contribution is 2.24. The summed E-state index contributed by atoms with van der Waals surface area (Å²) in [5.74, 6) is 1.06. The average molecular weight is 531 g/mol. The molecule has 0 saturated carbocycles. The SMILES string of the molecule is CC(C)c1nc2ccc(Br)cc2c(=O)n1N=Cc1cn(-c2ccc([N+](=O)[O-])cn2)c2ccccc12. The van der Waals surface area contributed by atoms with Crippen molar-refractivity contribution in [2.24, 2.45) is 5.10 Å². The Morgan fingerprint density at radius 3 is 2.63 bits per heavy atom. The first kappa shape index (κ1) is 22.6. The predicted octanol–water partition coefficient (Wildman–Crippen LogP) is 5.41. The number of benzene rings is 2. The minimum atomic E-state index is -0.483. The van der Waals surface area contributed by atoms with Crippen LogP contribution in [0.4, 0.5) is 5.69 Å². The lowest BCUT2D eigenvalue weighted by atomic mass is 10.2. The van der Waals surface area contributed by atoms with E-state index in [9.17, 15) is 14.9 Å². The Kier molecular flexibility index (Phi) is 5.73. The topological polar surface area (TPSA) is 108 Å². The monoisotopic (exact) mass is 530 g/mol. The number of pyridine rings is 1. The first-order valence-electron chi connectivity index (χ1n) is 10.8. The summed E-state index contributed by atoms with van der Waals surface area (Å²) < 4.78 is 3.97. The second-order valence-electron chi connectivity index (χ2n) is 8.25. The van der Waals surface area contributed by atoms with Crippen molar-refractivity contribution < 1.29 is 4.92 Å². The number of rotatable bonds is 5. The maximum Gasteiger partial charge on any atom is 0.287 e. The summed E-state index contributed by atoms with van der Waals surface area (Å²) in [5, 5.41) is 16.9. The van der Waals surface area contributed by atoms with Crippen molar-refractivity contribution in [1.82, 2.24) is 19.2 Å². The molecule has 0 atom stereocenters. The summed E-state index contributed by atoms with van der Waals surface area (Å²) >= 11 is 3.42. The molecule has 10 heteroatoms. The van der Waals surface area contributed by atoms with E-state index in [1.54, 1.807) is 18.3 Å². The molecule has 0 aliphatic carbocycles. The standard InChI is InChI=1S/C25H19BrN6O3/c1-15(2)24-29-21-9-7-17(26)11-20(21)25(33)31(24)28-12-16-14-30(22-6-4-3-5-19(16)22)23-10-8-18(13-27-23)32(34)35/h3-15H,1-2H3. The Labute approximate surface area is 207 Å². The Morgan fingerprint density at radius 1 is 1.11 bits per heavy atom. The summed E-state index contributed by atoms with van der Waals surface area (Å²) in [6.07, 6.45) is 4.70. The molecule has 9 nitrogen and oxygen atoms in total. The van der Waals surface area contributed by atoms with Gasteiger partial charge < -0.3 is 4.57 Å². The fraction of sp³-hybridized carbons (Fsp3) is 0.120. The lowest BCUT2D eigenvalue weighted by molar-refractivity contribution is -0.385. The minimum Gasteiger partial charge on any atom is -0.301 e. The van der Waals surface area contributed by atoms with E-state index in [0.29, 0.717) is 22.5 Å². The zero-order valence-electron chi connectivity index (χ0n) is 18.8. The summed E-state index contributed by atoms with van der Waals surface area (Å²) in [4.78, 5) is 32.8. The fourth-order valence-electron chi connectivity index (χ4n) is 3.90. The second kappa shape index (κ2) is 8.88. The van der Waals surface area contributed by atoms with Gasteiger partial charge in [-0.1, -0.05) is 48.0 Å². The van der Waals surface area contributed by atoms with Gasteiger partial charge in [-0.3, -0.25) is 14.9 Å². The zero-order valence-corrected chi connectivity index (χ0v) is 20.4. The molecule has 5 aromatic rings. The van der Waals surface area contributed by atoms with Gasteiger partial charge >= 0.3 is 0 Å². The van der Waals surface area contributed by atoms with Gasteiger partial charge in [0.25, 0.3) is 11.2 Å². The lowest BCUT2D eigenvalue weighted by Gasteiger charge is -2.11. The van der Waals surface area contributed by atoms with E-state index in [4.69, 9.17) is 0 Å². The van der Waals surface area contributed by atoms with Crippen molar-refractivity contribution in [3.63, 3.8) is 0 Å². The maximum atomic E-state index is 13.3. The molecule has 174 valence electrons. The van der Waals surface area contributed by atoms with Gasteiger partial charge in [0.2, 0.25) is 0 Å². The average Bonchev–Trinajstić information content (AvgIpc) is 3.22. The third kappa shape index (κ3) is 4.12. The van der Waals surface area contributed by atoms with Crippen LogP contribution in [0.1, 0.15) is 31.2 Å². The number of nitro groups is 1. The largest absolute Gasteiger partial charge is 0.301 e. The van der Waals surface area contributed by atoms with Crippen LogP contribution < -0.4 is 5.56 Å². The quantitative estimate of drug-likeness (QED) is 0.171. The molecule has 0 aliphatic heterocycles. The molecule has 35 heavy (non-hydrogen) atoms. The summed E-state index contributed by atoms with van der Waals surface area (Å²) in [5.41, 5.74) is 1.90. The molecule has 3 heterocycles. The molecule has 0 saturated heterocycles. The van der Waals surface area contributed by atoms with Crippen LogP contribution in [0.3, 0.4) is 0 Å². The number of nitrogens with zero attached hydrogens (tertiary/aromatic N) is 6. The van der Waals surface area contributed by atoms with Crippen LogP contribution >= 0.6 is 15.9 Å². The van der Waals surface area contributed by atoms with Gasteiger partial charge in [-0.15, -0.1) is 0 Å². The normalized spacial score (nSPS) is 11.8. The molecule has 5 rings (SSSR count). The highest BCUT2D eigenvalue weighted by molar-refractivity contribution is 9.10. The number of halogens is 1. The van der Waals surface area contributed by atoms with Crippen molar-refractivity contribution in [3.05, 3.63) is 103 Å². The number of fused-ring (bicyclic) bond motifs is 2. The van der Waals surface area contributed by atoms with Gasteiger partial charge in [0.05, 0.1) is 27.6 Å². The zero-order chi connectivity index (χ0) is 24.7. The van der Waals surface area contributed by atoms with E-state index in [0.717, 1.165) is 20.9 Å². The molecule has 0 spiro atoms. The van der Waals surface area contributed by atoms with Gasteiger partial charge in [-0.25, -0.2) is 9.97 Å². The summed E-state index contributed by atoms with van der Waals surface area (Å²) in [7, 11) is 0. The molecule has 0 fully saturated rings. The van der Waals surface area contributed by atoms with Crippen molar-refractivity contribution in [2.45, 2.75) is 19.8 Å². The molecule has 3 aromatic heterocycles. The lowest BCUT2D eigenvalue weighted by Crippen LogP contribution is -2.23. The molecule has 0 unspecified atom stereocenters. The van der Waals surface area contributed by atoms with Gasteiger partial charge in [0, 0.05) is 33.6 Å². The van der Waals surface area contributed by atoms with Gasteiger partial charge in [-0.2, -0.15) is 9.78 Å².